The average Bonchev–Trinajstić information content (AvgIpc) is 3.16. The van der Waals surface area contributed by atoms with Gasteiger partial charge in [0.25, 0.3) is 0 Å². The second-order valence-corrected chi connectivity index (χ2v) is 14.6. The lowest BCUT2D eigenvalue weighted by Crippen LogP contribution is -2.18. The third-order valence-corrected chi connectivity index (χ3v) is 9.65. The molecule has 0 bridgehead atoms. The molecule has 0 spiro atoms. The molecule has 7 aromatic rings. The van der Waals surface area contributed by atoms with Gasteiger partial charge in [0.1, 0.15) is 11.6 Å². The molecule has 2 heterocycles. The summed E-state index contributed by atoms with van der Waals surface area (Å²) >= 11 is 0. The zero-order valence-corrected chi connectivity index (χ0v) is 29.9. The lowest BCUT2D eigenvalue weighted by Gasteiger charge is -2.27. The van der Waals surface area contributed by atoms with Crippen LogP contribution in [0.1, 0.15) is 51.3 Å². The van der Waals surface area contributed by atoms with Gasteiger partial charge >= 0.3 is 0 Å². The highest BCUT2D eigenvalue weighted by Crippen LogP contribution is 2.42. The molecule has 0 saturated heterocycles. The standard InChI is InChI=1S/C47H43N3O/c1-46(2,3)38-31-42(49-43(32-38)41-30-37(24-25-44(41)51)47(4,5)36-19-11-7-12-20-36)35-27-34(33-17-9-6-10-18-33)28-40(29-35)50(39-21-13-8-14-22-39)45-23-15-16-26-48-45/h6-32,51H,1-5H3. The predicted molar refractivity (Wildman–Crippen MR) is 212 cm³/mol. The fourth-order valence-corrected chi connectivity index (χ4v) is 6.56. The number of hydrogen-bond acceptors (Lipinski definition) is 4. The fourth-order valence-electron chi connectivity index (χ4n) is 6.56. The van der Waals surface area contributed by atoms with E-state index in [0.717, 1.165) is 56.4 Å². The van der Waals surface area contributed by atoms with Crippen LogP contribution in [0.4, 0.5) is 17.2 Å². The summed E-state index contributed by atoms with van der Waals surface area (Å²) in [4.78, 5) is 12.3. The van der Waals surface area contributed by atoms with Crippen molar-refractivity contribution in [2.45, 2.75) is 45.4 Å². The topological polar surface area (TPSA) is 49.2 Å². The van der Waals surface area contributed by atoms with Crippen LogP contribution in [0.2, 0.25) is 0 Å². The van der Waals surface area contributed by atoms with Gasteiger partial charge in [-0.1, -0.05) is 126 Å². The van der Waals surface area contributed by atoms with E-state index < -0.39 is 0 Å². The monoisotopic (exact) mass is 665 g/mol. The first-order chi connectivity index (χ1) is 24.6. The molecule has 7 rings (SSSR count). The Labute approximate surface area is 301 Å². The molecular formula is C47H43N3O. The van der Waals surface area contributed by atoms with Crippen molar-refractivity contribution in [1.82, 2.24) is 9.97 Å². The molecule has 0 aliphatic carbocycles. The summed E-state index contributed by atoms with van der Waals surface area (Å²) in [5.41, 5.74) is 10.4. The second kappa shape index (κ2) is 13.7. The number of nitrogens with zero attached hydrogens (tertiary/aromatic N) is 3. The van der Waals surface area contributed by atoms with Gasteiger partial charge in [-0.15, -0.1) is 0 Å². The van der Waals surface area contributed by atoms with Crippen LogP contribution in [0.5, 0.6) is 5.75 Å². The van der Waals surface area contributed by atoms with Gasteiger partial charge in [0.05, 0.1) is 11.4 Å². The van der Waals surface area contributed by atoms with Gasteiger partial charge in [0.15, 0.2) is 0 Å². The first-order valence-electron chi connectivity index (χ1n) is 17.5. The normalized spacial score (nSPS) is 11.7. The maximum Gasteiger partial charge on any atom is 0.137 e. The Bertz CT molecular complexity index is 2220. The Morgan fingerprint density at radius 2 is 1.12 bits per heavy atom. The number of anilines is 3. The molecule has 51 heavy (non-hydrogen) atoms. The largest absolute Gasteiger partial charge is 0.507 e. The molecular weight excluding hydrogens is 623 g/mol. The predicted octanol–water partition coefficient (Wildman–Crippen LogP) is 12.3. The Morgan fingerprint density at radius 1 is 0.490 bits per heavy atom. The molecule has 0 fully saturated rings. The molecule has 0 atom stereocenters. The van der Waals surface area contributed by atoms with Gasteiger partial charge in [-0.3, -0.25) is 4.90 Å². The zero-order chi connectivity index (χ0) is 35.6. The maximum absolute atomic E-state index is 11.4. The van der Waals surface area contributed by atoms with Crippen LogP contribution < -0.4 is 4.90 Å². The number of phenolic OH excluding ortho intramolecular Hbond substituents is 1. The summed E-state index contributed by atoms with van der Waals surface area (Å²) in [6, 6.07) is 54.2. The summed E-state index contributed by atoms with van der Waals surface area (Å²) in [5.74, 6) is 1.02. The maximum atomic E-state index is 11.4. The van der Waals surface area contributed by atoms with E-state index in [1.165, 1.54) is 5.56 Å². The number of phenols is 1. The molecule has 4 heteroatoms. The van der Waals surface area contributed by atoms with Gasteiger partial charge in [-0.2, -0.15) is 0 Å². The quantitative estimate of drug-likeness (QED) is 0.175. The van der Waals surface area contributed by atoms with Crippen molar-refractivity contribution in [2.75, 3.05) is 4.90 Å². The van der Waals surface area contributed by atoms with E-state index in [1.807, 2.05) is 60.8 Å². The molecule has 5 aromatic carbocycles. The molecule has 2 aromatic heterocycles. The van der Waals surface area contributed by atoms with E-state index in [1.54, 1.807) is 6.07 Å². The first kappa shape index (κ1) is 33.5. The SMILES string of the molecule is CC(C)(C)c1cc(-c2cc(-c3ccccc3)cc(N(c3ccccc3)c3ccccn3)c2)nc(-c2cc(C(C)(C)c3ccccc3)ccc2O)c1. The number of rotatable bonds is 8. The number of hydrogen-bond donors (Lipinski definition) is 1. The Kier molecular flexibility index (Phi) is 9.01. The Morgan fingerprint density at radius 3 is 1.78 bits per heavy atom. The van der Waals surface area contributed by atoms with Crippen molar-refractivity contribution in [3.05, 3.63) is 181 Å². The van der Waals surface area contributed by atoms with Crippen LogP contribution in [0, 0.1) is 0 Å². The van der Waals surface area contributed by atoms with Crippen molar-refractivity contribution in [1.29, 1.82) is 0 Å². The van der Waals surface area contributed by atoms with E-state index in [4.69, 9.17) is 9.97 Å². The van der Waals surface area contributed by atoms with E-state index >= 15 is 0 Å². The van der Waals surface area contributed by atoms with Gasteiger partial charge in [-0.25, -0.2) is 9.97 Å². The Hall–Kier alpha value is -6.00. The van der Waals surface area contributed by atoms with Crippen LogP contribution in [0.25, 0.3) is 33.6 Å². The summed E-state index contributed by atoms with van der Waals surface area (Å²) < 4.78 is 0. The summed E-state index contributed by atoms with van der Waals surface area (Å²) in [7, 11) is 0. The minimum Gasteiger partial charge on any atom is -0.507 e. The zero-order valence-electron chi connectivity index (χ0n) is 29.9. The molecule has 4 nitrogen and oxygen atoms in total. The van der Waals surface area contributed by atoms with Gasteiger partial charge in [0.2, 0.25) is 0 Å². The van der Waals surface area contributed by atoms with Gasteiger partial charge in [0, 0.05) is 34.1 Å². The Balaban J connectivity index is 1.45. The van der Waals surface area contributed by atoms with E-state index in [9.17, 15) is 5.11 Å². The van der Waals surface area contributed by atoms with Crippen molar-refractivity contribution < 1.29 is 5.11 Å². The van der Waals surface area contributed by atoms with Crippen LogP contribution in [0.15, 0.2) is 164 Å². The van der Waals surface area contributed by atoms with E-state index in [0.29, 0.717) is 5.56 Å². The highest BCUT2D eigenvalue weighted by molar-refractivity contribution is 5.84. The first-order valence-corrected chi connectivity index (χ1v) is 17.5. The number of para-hydroxylation sites is 1. The van der Waals surface area contributed by atoms with Crippen LogP contribution >= 0.6 is 0 Å². The molecule has 0 amide bonds. The lowest BCUT2D eigenvalue weighted by atomic mass is 9.77. The minimum absolute atomic E-state index is 0.174. The number of aromatic nitrogens is 2. The van der Waals surface area contributed by atoms with E-state index in [-0.39, 0.29) is 16.6 Å². The highest BCUT2D eigenvalue weighted by Gasteiger charge is 2.26. The molecule has 0 saturated carbocycles. The number of pyridine rings is 2. The summed E-state index contributed by atoms with van der Waals surface area (Å²) in [6.07, 6.45) is 1.83. The van der Waals surface area contributed by atoms with Gasteiger partial charge < -0.3 is 5.11 Å². The van der Waals surface area contributed by atoms with Crippen molar-refractivity contribution >= 4 is 17.2 Å². The summed E-state index contributed by atoms with van der Waals surface area (Å²) in [5, 5.41) is 11.4. The number of benzene rings is 5. The number of aromatic hydroxyl groups is 1. The average molecular weight is 666 g/mol. The molecule has 0 aliphatic rings. The molecule has 252 valence electrons. The van der Waals surface area contributed by atoms with Crippen molar-refractivity contribution in [3.8, 4) is 39.4 Å². The van der Waals surface area contributed by atoms with Crippen molar-refractivity contribution in [2.24, 2.45) is 0 Å². The molecule has 0 radical (unpaired) electrons. The third-order valence-electron chi connectivity index (χ3n) is 9.65. The van der Waals surface area contributed by atoms with Crippen LogP contribution in [0.3, 0.4) is 0 Å². The third kappa shape index (κ3) is 7.04. The smallest absolute Gasteiger partial charge is 0.137 e. The minimum atomic E-state index is -0.278. The van der Waals surface area contributed by atoms with Crippen molar-refractivity contribution in [3.63, 3.8) is 0 Å². The van der Waals surface area contributed by atoms with E-state index in [2.05, 4.69) is 137 Å². The summed E-state index contributed by atoms with van der Waals surface area (Å²) in [6.45, 7) is 11.1. The van der Waals surface area contributed by atoms with Crippen LogP contribution in [-0.2, 0) is 10.8 Å². The second-order valence-electron chi connectivity index (χ2n) is 14.6. The fraction of sp³-hybridized carbons (Fsp3) is 0.149. The molecule has 1 N–H and O–H groups in total. The lowest BCUT2D eigenvalue weighted by molar-refractivity contribution is 0.476. The van der Waals surface area contributed by atoms with Crippen LogP contribution in [-0.4, -0.2) is 15.1 Å². The van der Waals surface area contributed by atoms with Gasteiger partial charge in [-0.05, 0) is 100.0 Å². The molecule has 0 unspecified atom stereocenters. The highest BCUT2D eigenvalue weighted by atomic mass is 16.3. The molecule has 0 aliphatic heterocycles.